The van der Waals surface area contributed by atoms with Crippen LogP contribution >= 0.6 is 15.9 Å². The fraction of sp³-hybridized carbons (Fsp3) is 1.00. The molecule has 1 saturated heterocycles. The van der Waals surface area contributed by atoms with Crippen LogP contribution in [0.1, 0.15) is 51.4 Å². The Kier molecular flexibility index (Phi) is 3.04. The maximum atomic E-state index is 6.14. The summed E-state index contributed by atoms with van der Waals surface area (Å²) >= 11 is 3.85. The Bertz CT molecular complexity index is 327. The number of fused-ring (bicyclic) bond motifs is 2. The Balaban J connectivity index is 1.50. The molecule has 0 aromatic heterocycles. The highest BCUT2D eigenvalue weighted by molar-refractivity contribution is 9.09. The first-order valence-corrected chi connectivity index (χ1v) is 9.10. The van der Waals surface area contributed by atoms with E-state index >= 15 is 0 Å². The van der Waals surface area contributed by atoms with Crippen molar-refractivity contribution in [1.29, 1.82) is 0 Å². The Morgan fingerprint density at radius 1 is 1.06 bits per heavy atom. The van der Waals surface area contributed by atoms with Crippen LogP contribution in [0, 0.1) is 29.1 Å². The molecule has 5 atom stereocenters. The maximum Gasteiger partial charge on any atom is 0.0668 e. The molecule has 2 bridgehead atoms. The molecule has 1 aliphatic heterocycles. The van der Waals surface area contributed by atoms with Gasteiger partial charge in [0.05, 0.1) is 6.10 Å². The monoisotopic (exact) mass is 312 g/mol. The lowest BCUT2D eigenvalue weighted by Gasteiger charge is -2.37. The zero-order chi connectivity index (χ0) is 12.2. The van der Waals surface area contributed by atoms with Gasteiger partial charge in [0.2, 0.25) is 0 Å². The van der Waals surface area contributed by atoms with Crippen LogP contribution in [0.15, 0.2) is 0 Å². The number of alkyl halides is 1. The van der Waals surface area contributed by atoms with E-state index in [4.69, 9.17) is 4.74 Å². The van der Waals surface area contributed by atoms with Crippen LogP contribution in [0.2, 0.25) is 0 Å². The summed E-state index contributed by atoms with van der Waals surface area (Å²) in [5.74, 6) is 4.10. The summed E-state index contributed by atoms with van der Waals surface area (Å²) < 4.78 is 6.14. The van der Waals surface area contributed by atoms with E-state index in [9.17, 15) is 0 Å². The summed E-state index contributed by atoms with van der Waals surface area (Å²) in [6, 6.07) is 0. The van der Waals surface area contributed by atoms with Crippen molar-refractivity contribution in [2.45, 2.75) is 57.5 Å². The van der Waals surface area contributed by atoms with E-state index < -0.39 is 0 Å². The highest BCUT2D eigenvalue weighted by atomic mass is 79.9. The minimum atomic E-state index is 0.496. The molecule has 18 heavy (non-hydrogen) atoms. The average molecular weight is 313 g/mol. The topological polar surface area (TPSA) is 9.23 Å². The molecule has 0 spiro atoms. The Labute approximate surface area is 119 Å². The molecule has 1 heterocycles. The van der Waals surface area contributed by atoms with Gasteiger partial charge in [-0.3, -0.25) is 0 Å². The second kappa shape index (κ2) is 4.48. The van der Waals surface area contributed by atoms with Crippen molar-refractivity contribution >= 4 is 15.9 Å². The van der Waals surface area contributed by atoms with Crippen molar-refractivity contribution in [3.05, 3.63) is 0 Å². The smallest absolute Gasteiger partial charge is 0.0668 e. The summed E-state index contributed by atoms with van der Waals surface area (Å²) in [6.45, 7) is 1.02. The summed E-state index contributed by atoms with van der Waals surface area (Å²) in [7, 11) is 0. The largest absolute Gasteiger partial charge is 0.377 e. The highest BCUT2D eigenvalue weighted by Crippen LogP contribution is 2.57. The second-order valence-corrected chi connectivity index (χ2v) is 8.07. The van der Waals surface area contributed by atoms with E-state index in [2.05, 4.69) is 15.9 Å². The standard InChI is InChI=1S/C16H25BrO/c17-10-16(5-6-18-15(16)12-3-4-12)9-14-8-11-1-2-13(14)7-11/h11-15H,1-10H2. The first-order valence-electron chi connectivity index (χ1n) is 7.98. The van der Waals surface area contributed by atoms with E-state index in [1.165, 1.54) is 50.3 Å². The SMILES string of the molecule is BrCC1(CC2CC3CCC2C3)CCOC1C1CC1. The molecular formula is C16H25BrO. The summed E-state index contributed by atoms with van der Waals surface area (Å²) in [6.07, 6.45) is 12.4. The molecule has 5 unspecified atom stereocenters. The van der Waals surface area contributed by atoms with Gasteiger partial charge in [-0.25, -0.2) is 0 Å². The van der Waals surface area contributed by atoms with Gasteiger partial charge in [-0.15, -0.1) is 0 Å². The van der Waals surface area contributed by atoms with Crippen LogP contribution in [0.3, 0.4) is 0 Å². The fourth-order valence-electron chi connectivity index (χ4n) is 5.31. The van der Waals surface area contributed by atoms with Crippen molar-refractivity contribution in [3.63, 3.8) is 0 Å². The average Bonchev–Trinajstić information content (AvgIpc) is 2.85. The van der Waals surface area contributed by atoms with E-state index in [1.54, 1.807) is 6.42 Å². The van der Waals surface area contributed by atoms with Gasteiger partial charge < -0.3 is 4.74 Å². The lowest BCUT2D eigenvalue weighted by Crippen LogP contribution is -2.37. The predicted molar refractivity (Wildman–Crippen MR) is 76.9 cm³/mol. The second-order valence-electron chi connectivity index (χ2n) is 7.51. The van der Waals surface area contributed by atoms with E-state index in [1.807, 2.05) is 0 Å². The molecule has 0 amide bonds. The van der Waals surface area contributed by atoms with Crippen molar-refractivity contribution < 1.29 is 4.74 Å². The Morgan fingerprint density at radius 3 is 2.50 bits per heavy atom. The molecule has 3 saturated carbocycles. The normalized spacial score (nSPS) is 51.2. The number of hydrogen-bond acceptors (Lipinski definition) is 1. The maximum absolute atomic E-state index is 6.14. The van der Waals surface area contributed by atoms with Crippen molar-refractivity contribution in [2.24, 2.45) is 29.1 Å². The third kappa shape index (κ3) is 1.90. The highest BCUT2D eigenvalue weighted by Gasteiger charge is 2.53. The predicted octanol–water partition coefficient (Wildman–Crippen LogP) is 4.39. The van der Waals surface area contributed by atoms with Crippen molar-refractivity contribution in [1.82, 2.24) is 0 Å². The van der Waals surface area contributed by atoms with Gasteiger partial charge in [-0.2, -0.15) is 0 Å². The lowest BCUT2D eigenvalue weighted by molar-refractivity contribution is 0.0258. The molecule has 4 fully saturated rings. The van der Waals surface area contributed by atoms with Gasteiger partial charge >= 0.3 is 0 Å². The molecular weight excluding hydrogens is 288 g/mol. The molecule has 1 nitrogen and oxygen atoms in total. The minimum Gasteiger partial charge on any atom is -0.377 e. The number of rotatable bonds is 4. The quantitative estimate of drug-likeness (QED) is 0.699. The molecule has 2 heteroatoms. The minimum absolute atomic E-state index is 0.496. The van der Waals surface area contributed by atoms with E-state index in [0.29, 0.717) is 11.5 Å². The van der Waals surface area contributed by atoms with Gasteiger partial charge in [-0.05, 0) is 68.6 Å². The summed E-state index contributed by atoms with van der Waals surface area (Å²) in [4.78, 5) is 0. The van der Waals surface area contributed by atoms with Crippen LogP contribution in [-0.4, -0.2) is 18.0 Å². The zero-order valence-electron chi connectivity index (χ0n) is 11.2. The Morgan fingerprint density at radius 2 is 1.89 bits per heavy atom. The molecule has 4 aliphatic rings. The molecule has 0 radical (unpaired) electrons. The fourth-order valence-corrected chi connectivity index (χ4v) is 6.14. The third-order valence-corrected chi connectivity index (χ3v) is 7.49. The Hall–Kier alpha value is 0.440. The van der Waals surface area contributed by atoms with Gasteiger partial charge in [0.1, 0.15) is 0 Å². The van der Waals surface area contributed by atoms with Crippen LogP contribution in [0.25, 0.3) is 0 Å². The van der Waals surface area contributed by atoms with E-state index in [-0.39, 0.29) is 0 Å². The first kappa shape index (κ1) is 12.2. The third-order valence-electron chi connectivity index (χ3n) is 6.37. The molecule has 4 rings (SSSR count). The van der Waals surface area contributed by atoms with Gasteiger partial charge in [0.15, 0.2) is 0 Å². The van der Waals surface area contributed by atoms with Crippen LogP contribution in [-0.2, 0) is 4.74 Å². The van der Waals surface area contributed by atoms with Crippen LogP contribution in [0.5, 0.6) is 0 Å². The van der Waals surface area contributed by atoms with Crippen molar-refractivity contribution in [3.8, 4) is 0 Å². The number of ether oxygens (including phenoxy) is 1. The van der Waals surface area contributed by atoms with Crippen LogP contribution in [0.4, 0.5) is 0 Å². The number of halogens is 1. The molecule has 102 valence electrons. The van der Waals surface area contributed by atoms with Crippen LogP contribution < -0.4 is 0 Å². The lowest BCUT2D eigenvalue weighted by atomic mass is 9.70. The van der Waals surface area contributed by atoms with Crippen molar-refractivity contribution in [2.75, 3.05) is 11.9 Å². The van der Waals surface area contributed by atoms with E-state index in [0.717, 1.165) is 30.3 Å². The molecule has 3 aliphatic carbocycles. The van der Waals surface area contributed by atoms with Gasteiger partial charge in [0.25, 0.3) is 0 Å². The first-order chi connectivity index (χ1) is 8.81. The number of hydrogen-bond donors (Lipinski definition) is 0. The van der Waals surface area contributed by atoms with Gasteiger partial charge in [-0.1, -0.05) is 22.4 Å². The molecule has 0 aromatic rings. The summed E-state index contributed by atoms with van der Waals surface area (Å²) in [5.41, 5.74) is 0.496. The zero-order valence-corrected chi connectivity index (χ0v) is 12.8. The molecule has 0 aromatic carbocycles. The summed E-state index contributed by atoms with van der Waals surface area (Å²) in [5, 5.41) is 1.18. The molecule has 0 N–H and O–H groups in total. The van der Waals surface area contributed by atoms with Gasteiger partial charge in [0, 0.05) is 17.4 Å².